The van der Waals surface area contributed by atoms with Gasteiger partial charge in [0.1, 0.15) is 5.75 Å². The van der Waals surface area contributed by atoms with Crippen molar-refractivity contribution >= 4 is 11.4 Å². The van der Waals surface area contributed by atoms with Crippen molar-refractivity contribution in [1.82, 2.24) is 0 Å². The number of piperidine rings is 1. The van der Waals surface area contributed by atoms with Gasteiger partial charge in [-0.15, -0.1) is 0 Å². The molecule has 1 aromatic rings. The summed E-state index contributed by atoms with van der Waals surface area (Å²) in [5.41, 5.74) is 13.3. The smallest absolute Gasteiger partial charge is 0.117 e. The van der Waals surface area contributed by atoms with Gasteiger partial charge in [-0.05, 0) is 25.0 Å². The number of aromatic hydroxyl groups is 1. The molecular weight excluding hydrogens is 190 g/mol. The molecule has 0 amide bonds. The number of anilines is 2. The molecule has 1 saturated heterocycles. The standard InChI is InChI=1S/C11H17N3O/c12-8-3-5-14(6-4-8)11-7-9(15)1-2-10(11)13/h1-2,7-8,15H,3-6,12-13H2. The van der Waals surface area contributed by atoms with Crippen LogP contribution in [0.3, 0.4) is 0 Å². The zero-order chi connectivity index (χ0) is 10.8. The quantitative estimate of drug-likeness (QED) is 0.472. The lowest BCUT2D eigenvalue weighted by Crippen LogP contribution is -2.39. The topological polar surface area (TPSA) is 75.5 Å². The molecule has 82 valence electrons. The fraction of sp³-hybridized carbons (Fsp3) is 0.455. The number of nitrogens with two attached hydrogens (primary N) is 2. The summed E-state index contributed by atoms with van der Waals surface area (Å²) in [6.45, 7) is 1.82. The Labute approximate surface area is 89.5 Å². The Bertz CT molecular complexity index is 346. The van der Waals surface area contributed by atoms with Crippen molar-refractivity contribution in [3.63, 3.8) is 0 Å². The lowest BCUT2D eigenvalue weighted by Gasteiger charge is -2.32. The minimum Gasteiger partial charge on any atom is -0.508 e. The van der Waals surface area contributed by atoms with Gasteiger partial charge >= 0.3 is 0 Å². The summed E-state index contributed by atoms with van der Waals surface area (Å²) in [7, 11) is 0. The van der Waals surface area contributed by atoms with Crippen LogP contribution in [0.15, 0.2) is 18.2 Å². The maximum absolute atomic E-state index is 9.41. The molecular formula is C11H17N3O. The van der Waals surface area contributed by atoms with Gasteiger partial charge in [-0.3, -0.25) is 0 Å². The van der Waals surface area contributed by atoms with E-state index in [0.29, 0.717) is 11.7 Å². The summed E-state index contributed by atoms with van der Waals surface area (Å²) in [6, 6.07) is 5.36. The van der Waals surface area contributed by atoms with E-state index in [-0.39, 0.29) is 5.75 Å². The van der Waals surface area contributed by atoms with E-state index in [4.69, 9.17) is 11.5 Å². The summed E-state index contributed by atoms with van der Waals surface area (Å²) >= 11 is 0. The van der Waals surface area contributed by atoms with E-state index in [0.717, 1.165) is 31.6 Å². The molecule has 0 bridgehead atoms. The van der Waals surface area contributed by atoms with Crippen molar-refractivity contribution in [3.8, 4) is 5.75 Å². The summed E-state index contributed by atoms with van der Waals surface area (Å²) < 4.78 is 0. The molecule has 4 nitrogen and oxygen atoms in total. The van der Waals surface area contributed by atoms with E-state index in [9.17, 15) is 5.11 Å². The van der Waals surface area contributed by atoms with Crippen molar-refractivity contribution in [2.24, 2.45) is 5.73 Å². The normalized spacial score (nSPS) is 18.1. The largest absolute Gasteiger partial charge is 0.508 e. The van der Waals surface area contributed by atoms with Crippen molar-refractivity contribution in [3.05, 3.63) is 18.2 Å². The minimum atomic E-state index is 0.258. The van der Waals surface area contributed by atoms with Gasteiger partial charge in [0, 0.05) is 25.2 Å². The van der Waals surface area contributed by atoms with Gasteiger partial charge in [-0.2, -0.15) is 0 Å². The highest BCUT2D eigenvalue weighted by atomic mass is 16.3. The first kappa shape index (κ1) is 10.1. The molecule has 1 aliphatic heterocycles. The zero-order valence-electron chi connectivity index (χ0n) is 8.69. The molecule has 0 spiro atoms. The van der Waals surface area contributed by atoms with Crippen molar-refractivity contribution in [2.45, 2.75) is 18.9 Å². The van der Waals surface area contributed by atoms with Crippen LogP contribution in [0.4, 0.5) is 11.4 Å². The molecule has 0 aromatic heterocycles. The van der Waals surface area contributed by atoms with Crippen molar-refractivity contribution < 1.29 is 5.11 Å². The van der Waals surface area contributed by atoms with Crippen LogP contribution in [-0.4, -0.2) is 24.2 Å². The van der Waals surface area contributed by atoms with Gasteiger partial charge in [0.25, 0.3) is 0 Å². The van der Waals surface area contributed by atoms with Gasteiger partial charge in [0.05, 0.1) is 11.4 Å². The molecule has 1 heterocycles. The fourth-order valence-corrected chi connectivity index (χ4v) is 1.95. The predicted molar refractivity (Wildman–Crippen MR) is 61.9 cm³/mol. The van der Waals surface area contributed by atoms with E-state index >= 15 is 0 Å². The maximum atomic E-state index is 9.41. The lowest BCUT2D eigenvalue weighted by molar-refractivity contribution is 0.473. The van der Waals surface area contributed by atoms with E-state index in [1.165, 1.54) is 0 Å². The second-order valence-electron chi connectivity index (χ2n) is 4.07. The van der Waals surface area contributed by atoms with Crippen LogP contribution in [0.1, 0.15) is 12.8 Å². The van der Waals surface area contributed by atoms with Gasteiger partial charge in [0.2, 0.25) is 0 Å². The third-order valence-electron chi connectivity index (χ3n) is 2.89. The zero-order valence-corrected chi connectivity index (χ0v) is 8.69. The molecule has 0 radical (unpaired) electrons. The number of hydrogen-bond acceptors (Lipinski definition) is 4. The van der Waals surface area contributed by atoms with E-state index in [1.54, 1.807) is 18.2 Å². The molecule has 15 heavy (non-hydrogen) atoms. The number of hydrogen-bond donors (Lipinski definition) is 3. The first-order valence-electron chi connectivity index (χ1n) is 5.26. The number of rotatable bonds is 1. The molecule has 4 heteroatoms. The molecule has 2 rings (SSSR count). The number of phenolic OH excluding ortho intramolecular Hbond substituents is 1. The average molecular weight is 207 g/mol. The number of benzene rings is 1. The number of nitrogen functional groups attached to an aromatic ring is 1. The number of phenols is 1. The van der Waals surface area contributed by atoms with Gasteiger partial charge in [-0.25, -0.2) is 0 Å². The Kier molecular flexibility index (Phi) is 2.68. The monoisotopic (exact) mass is 207 g/mol. The van der Waals surface area contributed by atoms with Crippen LogP contribution in [0.5, 0.6) is 5.75 Å². The van der Waals surface area contributed by atoms with Crippen LogP contribution < -0.4 is 16.4 Å². The van der Waals surface area contributed by atoms with Crippen LogP contribution in [-0.2, 0) is 0 Å². The summed E-state index contributed by atoms with van der Waals surface area (Å²) in [5, 5.41) is 9.41. The summed E-state index contributed by atoms with van der Waals surface area (Å²) in [6.07, 6.45) is 1.96. The molecule has 0 atom stereocenters. The Hall–Kier alpha value is -1.42. The SMILES string of the molecule is Nc1ccc(O)cc1N1CCC(N)CC1. The van der Waals surface area contributed by atoms with Crippen molar-refractivity contribution in [2.75, 3.05) is 23.7 Å². The highest BCUT2D eigenvalue weighted by molar-refractivity contribution is 5.69. The second-order valence-corrected chi connectivity index (χ2v) is 4.07. The summed E-state index contributed by atoms with van der Waals surface area (Å²) in [4.78, 5) is 2.18. The molecule has 0 saturated carbocycles. The number of nitrogens with zero attached hydrogens (tertiary/aromatic N) is 1. The molecule has 0 unspecified atom stereocenters. The first-order chi connectivity index (χ1) is 7.16. The van der Waals surface area contributed by atoms with Crippen LogP contribution in [0, 0.1) is 0 Å². The summed E-state index contributed by atoms with van der Waals surface area (Å²) in [5.74, 6) is 0.258. The van der Waals surface area contributed by atoms with E-state index < -0.39 is 0 Å². The third-order valence-corrected chi connectivity index (χ3v) is 2.89. The minimum absolute atomic E-state index is 0.258. The second kappa shape index (κ2) is 3.98. The molecule has 1 aromatic carbocycles. The molecule has 1 fully saturated rings. The van der Waals surface area contributed by atoms with Crippen molar-refractivity contribution in [1.29, 1.82) is 0 Å². The maximum Gasteiger partial charge on any atom is 0.117 e. The van der Waals surface area contributed by atoms with E-state index in [2.05, 4.69) is 4.90 Å². The Morgan fingerprint density at radius 2 is 1.93 bits per heavy atom. The predicted octanol–water partition coefficient (Wildman–Crippen LogP) is 0.902. The van der Waals surface area contributed by atoms with Crippen LogP contribution in [0.25, 0.3) is 0 Å². The Morgan fingerprint density at radius 1 is 1.27 bits per heavy atom. The lowest BCUT2D eigenvalue weighted by atomic mass is 10.1. The molecule has 5 N–H and O–H groups in total. The van der Waals surface area contributed by atoms with Crippen LogP contribution in [0.2, 0.25) is 0 Å². The highest BCUT2D eigenvalue weighted by Gasteiger charge is 2.18. The van der Waals surface area contributed by atoms with Gasteiger partial charge in [-0.1, -0.05) is 0 Å². The average Bonchev–Trinajstić information content (AvgIpc) is 2.23. The highest BCUT2D eigenvalue weighted by Crippen LogP contribution is 2.29. The first-order valence-corrected chi connectivity index (χ1v) is 5.26. The Balaban J connectivity index is 2.18. The molecule has 1 aliphatic rings. The van der Waals surface area contributed by atoms with Gasteiger partial charge < -0.3 is 21.5 Å². The third kappa shape index (κ3) is 2.15. The van der Waals surface area contributed by atoms with Crippen LogP contribution >= 0.6 is 0 Å². The fourth-order valence-electron chi connectivity index (χ4n) is 1.95. The Morgan fingerprint density at radius 3 is 2.60 bits per heavy atom. The molecule has 0 aliphatic carbocycles. The van der Waals surface area contributed by atoms with E-state index in [1.807, 2.05) is 0 Å². The van der Waals surface area contributed by atoms with Gasteiger partial charge in [0.15, 0.2) is 0 Å².